The van der Waals surface area contributed by atoms with Crippen LogP contribution in [0.4, 0.5) is 0 Å². The molecule has 0 amide bonds. The van der Waals surface area contributed by atoms with Gasteiger partial charge in [0.15, 0.2) is 0 Å². The molecule has 0 spiro atoms. The van der Waals surface area contributed by atoms with E-state index >= 15 is 0 Å². The van der Waals surface area contributed by atoms with Gasteiger partial charge in [-0.1, -0.05) is 180 Å². The summed E-state index contributed by atoms with van der Waals surface area (Å²) in [7, 11) is 0. The van der Waals surface area contributed by atoms with Crippen LogP contribution in [0.3, 0.4) is 0 Å². The van der Waals surface area contributed by atoms with Crippen molar-refractivity contribution in [2.24, 2.45) is 0 Å². The molecule has 3 rings (SSSR count). The predicted octanol–water partition coefficient (Wildman–Crippen LogP) is 13.0. The van der Waals surface area contributed by atoms with Crippen LogP contribution in [0, 0.1) is 0 Å². The van der Waals surface area contributed by atoms with Crippen molar-refractivity contribution in [1.82, 2.24) is 0 Å². The van der Waals surface area contributed by atoms with E-state index in [1.165, 1.54) is 77.0 Å². The number of aromatic hydroxyl groups is 1. The van der Waals surface area contributed by atoms with Crippen LogP contribution < -0.4 is 0 Å². The number of esters is 1. The van der Waals surface area contributed by atoms with Gasteiger partial charge in [0.1, 0.15) is 5.75 Å². The molecule has 1 N–H and O–H groups in total. The van der Waals surface area contributed by atoms with E-state index in [4.69, 9.17) is 4.74 Å². The van der Waals surface area contributed by atoms with Gasteiger partial charge in [-0.2, -0.15) is 0 Å². The standard InChI is InChI=1S/C43H62O3/c1-8-9-10-11-12-13-14-15-16-17-18-19-20-25-30-46-41(45)37-31-36(34-27-22-24-29-39(34)43(5,6)7)40(44)32-35(37)33-26-21-23-28-38(33)42(2,3)4/h21-24,26-29,31-32,44H,8-20,25,30H2,1-7H3. The summed E-state index contributed by atoms with van der Waals surface area (Å²) in [5.41, 5.74) is 5.73. The Kier molecular flexibility index (Phi) is 14.9. The fourth-order valence-electron chi connectivity index (χ4n) is 6.48. The van der Waals surface area contributed by atoms with Crippen LogP contribution in [0.5, 0.6) is 5.75 Å². The average molecular weight is 627 g/mol. The van der Waals surface area contributed by atoms with E-state index in [1.54, 1.807) is 6.07 Å². The number of ether oxygens (including phenoxy) is 1. The highest BCUT2D eigenvalue weighted by molar-refractivity contribution is 6.00. The molecule has 0 saturated carbocycles. The Morgan fingerprint density at radius 3 is 1.43 bits per heavy atom. The molecular weight excluding hydrogens is 564 g/mol. The SMILES string of the molecule is CCCCCCCCCCCCCCCCOC(=O)c1cc(-c2ccccc2C(C)(C)C)c(O)cc1-c1ccccc1C(C)(C)C. The Labute approximate surface area is 281 Å². The van der Waals surface area contributed by atoms with Crippen molar-refractivity contribution in [3.8, 4) is 28.0 Å². The lowest BCUT2D eigenvalue weighted by atomic mass is 9.79. The van der Waals surface area contributed by atoms with Crippen molar-refractivity contribution in [3.63, 3.8) is 0 Å². The van der Waals surface area contributed by atoms with Gasteiger partial charge in [-0.15, -0.1) is 0 Å². The first kappa shape index (κ1) is 37.4. The second-order valence-corrected chi connectivity index (χ2v) is 15.2. The summed E-state index contributed by atoms with van der Waals surface area (Å²) in [5, 5.41) is 11.5. The highest BCUT2D eigenvalue weighted by Gasteiger charge is 2.26. The molecule has 0 aliphatic heterocycles. The molecule has 46 heavy (non-hydrogen) atoms. The third-order valence-corrected chi connectivity index (χ3v) is 9.14. The molecule has 0 aliphatic rings. The zero-order chi connectivity index (χ0) is 33.6. The van der Waals surface area contributed by atoms with Gasteiger partial charge in [-0.05, 0) is 51.6 Å². The minimum atomic E-state index is -0.331. The van der Waals surface area contributed by atoms with Crippen LogP contribution in [0.25, 0.3) is 22.3 Å². The summed E-state index contributed by atoms with van der Waals surface area (Å²) < 4.78 is 5.93. The third kappa shape index (κ3) is 11.3. The predicted molar refractivity (Wildman–Crippen MR) is 197 cm³/mol. The van der Waals surface area contributed by atoms with E-state index in [0.717, 1.165) is 35.1 Å². The lowest BCUT2D eigenvalue weighted by Crippen LogP contribution is -2.15. The largest absolute Gasteiger partial charge is 0.507 e. The zero-order valence-electron chi connectivity index (χ0n) is 30.1. The molecule has 3 aromatic carbocycles. The van der Waals surface area contributed by atoms with E-state index in [2.05, 4.69) is 60.6 Å². The second kappa shape index (κ2) is 18.3. The van der Waals surface area contributed by atoms with Crippen LogP contribution in [0.1, 0.15) is 160 Å². The molecule has 0 unspecified atom stereocenters. The van der Waals surface area contributed by atoms with Crippen molar-refractivity contribution in [2.75, 3.05) is 6.61 Å². The Hall–Kier alpha value is -3.07. The molecule has 0 aliphatic carbocycles. The second-order valence-electron chi connectivity index (χ2n) is 15.2. The fraction of sp³-hybridized carbons (Fsp3) is 0.558. The van der Waals surface area contributed by atoms with E-state index in [1.807, 2.05) is 42.5 Å². The Balaban J connectivity index is 1.67. The molecule has 0 bridgehead atoms. The van der Waals surface area contributed by atoms with E-state index in [-0.39, 0.29) is 22.5 Å². The Morgan fingerprint density at radius 1 is 0.565 bits per heavy atom. The minimum absolute atomic E-state index is 0.130. The first-order valence-corrected chi connectivity index (χ1v) is 18.2. The summed E-state index contributed by atoms with van der Waals surface area (Å²) in [6.45, 7) is 15.7. The number of benzene rings is 3. The smallest absolute Gasteiger partial charge is 0.338 e. The van der Waals surface area contributed by atoms with Gasteiger partial charge in [0.2, 0.25) is 0 Å². The summed E-state index contributed by atoms with van der Waals surface area (Å²) in [6.07, 6.45) is 18.1. The number of carbonyl (C=O) groups excluding carboxylic acids is 1. The van der Waals surface area contributed by atoms with Crippen molar-refractivity contribution >= 4 is 5.97 Å². The van der Waals surface area contributed by atoms with Crippen LogP contribution >= 0.6 is 0 Å². The highest BCUT2D eigenvalue weighted by Crippen LogP contribution is 2.43. The topological polar surface area (TPSA) is 46.5 Å². The number of phenols is 1. The maximum Gasteiger partial charge on any atom is 0.338 e. The van der Waals surface area contributed by atoms with Gasteiger partial charge < -0.3 is 9.84 Å². The number of rotatable bonds is 18. The maximum atomic E-state index is 13.8. The number of carbonyl (C=O) groups is 1. The number of hydrogen-bond acceptors (Lipinski definition) is 3. The molecule has 0 aromatic heterocycles. The summed E-state index contributed by atoms with van der Waals surface area (Å²) in [4.78, 5) is 13.8. The van der Waals surface area contributed by atoms with Crippen LogP contribution in [-0.4, -0.2) is 17.7 Å². The van der Waals surface area contributed by atoms with E-state index < -0.39 is 0 Å². The summed E-state index contributed by atoms with van der Waals surface area (Å²) in [5.74, 6) is -0.165. The molecule has 0 heterocycles. The molecule has 3 aromatic rings. The fourth-order valence-corrected chi connectivity index (χ4v) is 6.48. The zero-order valence-corrected chi connectivity index (χ0v) is 30.1. The van der Waals surface area contributed by atoms with Crippen molar-refractivity contribution in [2.45, 2.75) is 149 Å². The maximum absolute atomic E-state index is 13.8. The number of unbranched alkanes of at least 4 members (excludes halogenated alkanes) is 13. The van der Waals surface area contributed by atoms with Crippen molar-refractivity contribution < 1.29 is 14.6 Å². The van der Waals surface area contributed by atoms with Gasteiger partial charge in [0.05, 0.1) is 12.2 Å². The molecule has 3 nitrogen and oxygen atoms in total. The monoisotopic (exact) mass is 626 g/mol. The first-order chi connectivity index (χ1) is 21.9. The Morgan fingerprint density at radius 2 is 0.978 bits per heavy atom. The van der Waals surface area contributed by atoms with Gasteiger partial charge in [-0.25, -0.2) is 4.79 Å². The number of phenolic OH excluding ortho intramolecular Hbond substituents is 1. The summed E-state index contributed by atoms with van der Waals surface area (Å²) in [6, 6.07) is 19.9. The number of hydrogen-bond donors (Lipinski definition) is 1. The average Bonchev–Trinajstić information content (AvgIpc) is 3.02. The lowest BCUT2D eigenvalue weighted by molar-refractivity contribution is 0.0498. The highest BCUT2D eigenvalue weighted by atomic mass is 16.5. The molecule has 0 radical (unpaired) electrons. The minimum Gasteiger partial charge on any atom is -0.507 e. The van der Waals surface area contributed by atoms with Crippen molar-refractivity contribution in [1.29, 1.82) is 0 Å². The van der Waals surface area contributed by atoms with Crippen LogP contribution in [0.2, 0.25) is 0 Å². The molecule has 0 fully saturated rings. The third-order valence-electron chi connectivity index (χ3n) is 9.14. The van der Waals surface area contributed by atoms with E-state index in [0.29, 0.717) is 23.3 Å². The van der Waals surface area contributed by atoms with Gasteiger partial charge >= 0.3 is 5.97 Å². The molecule has 0 atom stereocenters. The lowest BCUT2D eigenvalue weighted by Gasteiger charge is -2.26. The normalized spacial score (nSPS) is 12.0. The molecule has 0 saturated heterocycles. The molecular formula is C43H62O3. The van der Waals surface area contributed by atoms with Gasteiger partial charge in [0.25, 0.3) is 0 Å². The van der Waals surface area contributed by atoms with Gasteiger partial charge in [0, 0.05) is 11.1 Å². The van der Waals surface area contributed by atoms with Crippen LogP contribution in [-0.2, 0) is 15.6 Å². The quantitative estimate of drug-likeness (QED) is 0.113. The van der Waals surface area contributed by atoms with Crippen molar-refractivity contribution in [3.05, 3.63) is 77.4 Å². The summed E-state index contributed by atoms with van der Waals surface area (Å²) >= 11 is 0. The molecule has 252 valence electrons. The van der Waals surface area contributed by atoms with Crippen LogP contribution in [0.15, 0.2) is 60.7 Å². The van der Waals surface area contributed by atoms with E-state index in [9.17, 15) is 9.90 Å². The molecule has 3 heteroatoms. The first-order valence-electron chi connectivity index (χ1n) is 18.2. The van der Waals surface area contributed by atoms with Gasteiger partial charge in [-0.3, -0.25) is 0 Å². The Bertz CT molecular complexity index is 1360.